The number of carbonyl (C=O) groups excluding carboxylic acids is 2. The number of aromatic nitrogens is 1. The van der Waals surface area contributed by atoms with Crippen LogP contribution >= 0.6 is 22.9 Å². The van der Waals surface area contributed by atoms with Crippen LogP contribution < -0.4 is 16.4 Å². The summed E-state index contributed by atoms with van der Waals surface area (Å²) in [5, 5.41) is 8.18. The van der Waals surface area contributed by atoms with Gasteiger partial charge in [-0.15, -0.1) is 11.3 Å². The molecule has 0 saturated carbocycles. The number of benzene rings is 2. The third kappa shape index (κ3) is 4.34. The minimum absolute atomic E-state index is 0.299. The van der Waals surface area contributed by atoms with Gasteiger partial charge in [-0.25, -0.2) is 9.78 Å². The molecule has 3 amide bonds. The van der Waals surface area contributed by atoms with Gasteiger partial charge in [0, 0.05) is 27.3 Å². The molecule has 0 aliphatic rings. The first kappa shape index (κ1) is 16.9. The van der Waals surface area contributed by atoms with E-state index in [0.29, 0.717) is 27.1 Å². The summed E-state index contributed by atoms with van der Waals surface area (Å²) in [6.45, 7) is 0. The fourth-order valence-electron chi connectivity index (χ4n) is 2.14. The summed E-state index contributed by atoms with van der Waals surface area (Å²) in [6.07, 6.45) is 0. The summed E-state index contributed by atoms with van der Waals surface area (Å²) in [6, 6.07) is 13.3. The second-order valence-corrected chi connectivity index (χ2v) is 6.37. The van der Waals surface area contributed by atoms with Crippen LogP contribution in [-0.4, -0.2) is 16.9 Å². The first-order valence-electron chi connectivity index (χ1n) is 7.20. The van der Waals surface area contributed by atoms with E-state index < -0.39 is 6.03 Å². The topological polar surface area (TPSA) is 97.1 Å². The Balaban J connectivity index is 1.75. The van der Waals surface area contributed by atoms with Crippen molar-refractivity contribution >= 4 is 46.3 Å². The number of carbonyl (C=O) groups is 2. The van der Waals surface area contributed by atoms with Gasteiger partial charge in [-0.05, 0) is 30.3 Å². The SMILES string of the molecule is NC(=O)Nc1cccc(NC(=O)c2csc(-c3cccc(Cl)c3)n2)c1. The largest absolute Gasteiger partial charge is 0.351 e. The third-order valence-corrected chi connectivity index (χ3v) is 4.32. The van der Waals surface area contributed by atoms with Crippen molar-refractivity contribution in [2.24, 2.45) is 5.73 Å². The van der Waals surface area contributed by atoms with Crippen LogP contribution in [-0.2, 0) is 0 Å². The zero-order valence-corrected chi connectivity index (χ0v) is 14.4. The lowest BCUT2D eigenvalue weighted by Crippen LogP contribution is -2.19. The smallest absolute Gasteiger partial charge is 0.316 e. The van der Waals surface area contributed by atoms with Crippen molar-refractivity contribution < 1.29 is 9.59 Å². The molecule has 0 unspecified atom stereocenters. The van der Waals surface area contributed by atoms with Crippen LogP contribution in [0, 0.1) is 0 Å². The minimum Gasteiger partial charge on any atom is -0.351 e. The molecule has 126 valence electrons. The van der Waals surface area contributed by atoms with Crippen molar-refractivity contribution in [3.63, 3.8) is 0 Å². The Labute approximate surface area is 152 Å². The first-order chi connectivity index (χ1) is 12.0. The van der Waals surface area contributed by atoms with Gasteiger partial charge < -0.3 is 16.4 Å². The van der Waals surface area contributed by atoms with Crippen LogP contribution in [0.3, 0.4) is 0 Å². The fraction of sp³-hybridized carbons (Fsp3) is 0. The summed E-state index contributed by atoms with van der Waals surface area (Å²) in [5.41, 5.74) is 7.24. The highest BCUT2D eigenvalue weighted by Gasteiger charge is 2.12. The van der Waals surface area contributed by atoms with Gasteiger partial charge in [0.15, 0.2) is 0 Å². The van der Waals surface area contributed by atoms with E-state index in [4.69, 9.17) is 17.3 Å². The number of amides is 3. The second-order valence-electron chi connectivity index (χ2n) is 5.07. The summed E-state index contributed by atoms with van der Waals surface area (Å²) >= 11 is 7.34. The lowest BCUT2D eigenvalue weighted by molar-refractivity contribution is 0.102. The Bertz CT molecular complexity index is 942. The molecule has 1 heterocycles. The molecule has 0 aliphatic heterocycles. The Morgan fingerprint density at radius 1 is 1.04 bits per heavy atom. The number of thiazole rings is 1. The summed E-state index contributed by atoms with van der Waals surface area (Å²) < 4.78 is 0. The van der Waals surface area contributed by atoms with Gasteiger partial charge >= 0.3 is 6.03 Å². The maximum Gasteiger partial charge on any atom is 0.316 e. The Morgan fingerprint density at radius 3 is 2.48 bits per heavy atom. The molecule has 8 heteroatoms. The van der Waals surface area contributed by atoms with Crippen LogP contribution in [0.25, 0.3) is 10.6 Å². The number of anilines is 2. The molecular weight excluding hydrogens is 360 g/mol. The highest BCUT2D eigenvalue weighted by Crippen LogP contribution is 2.26. The van der Waals surface area contributed by atoms with E-state index in [1.165, 1.54) is 11.3 Å². The molecule has 3 aromatic rings. The molecule has 3 rings (SSSR count). The number of hydrogen-bond acceptors (Lipinski definition) is 4. The van der Waals surface area contributed by atoms with E-state index in [2.05, 4.69) is 15.6 Å². The summed E-state index contributed by atoms with van der Waals surface area (Å²) in [5.74, 6) is -0.347. The van der Waals surface area contributed by atoms with Crippen LogP contribution in [0.5, 0.6) is 0 Å². The summed E-state index contributed by atoms with van der Waals surface area (Å²) in [7, 11) is 0. The molecule has 0 aliphatic carbocycles. The van der Waals surface area contributed by atoms with E-state index in [1.54, 1.807) is 41.8 Å². The molecule has 0 saturated heterocycles. The molecule has 25 heavy (non-hydrogen) atoms. The number of urea groups is 1. The predicted molar refractivity (Wildman–Crippen MR) is 100 cm³/mol. The van der Waals surface area contributed by atoms with Gasteiger partial charge in [-0.2, -0.15) is 0 Å². The Hall–Kier alpha value is -2.90. The molecule has 0 atom stereocenters. The van der Waals surface area contributed by atoms with Crippen LogP contribution in [0.2, 0.25) is 5.02 Å². The fourth-order valence-corrected chi connectivity index (χ4v) is 3.13. The maximum absolute atomic E-state index is 12.4. The number of nitrogens with zero attached hydrogens (tertiary/aromatic N) is 1. The van der Waals surface area contributed by atoms with E-state index in [0.717, 1.165) is 5.56 Å². The molecular formula is C17H13ClN4O2S. The zero-order valence-electron chi connectivity index (χ0n) is 12.8. The predicted octanol–water partition coefficient (Wildman–Crippen LogP) is 4.21. The Morgan fingerprint density at radius 2 is 1.76 bits per heavy atom. The molecule has 6 nitrogen and oxygen atoms in total. The quantitative estimate of drug-likeness (QED) is 0.640. The molecule has 0 bridgehead atoms. The molecule has 0 spiro atoms. The van der Waals surface area contributed by atoms with Crippen LogP contribution in [0.4, 0.5) is 16.2 Å². The van der Waals surface area contributed by atoms with E-state index >= 15 is 0 Å². The van der Waals surface area contributed by atoms with Crippen molar-refractivity contribution in [1.82, 2.24) is 4.98 Å². The highest BCUT2D eigenvalue weighted by molar-refractivity contribution is 7.13. The van der Waals surface area contributed by atoms with Crippen molar-refractivity contribution in [1.29, 1.82) is 0 Å². The number of nitrogens with one attached hydrogen (secondary N) is 2. The number of primary amides is 1. The highest BCUT2D eigenvalue weighted by atomic mass is 35.5. The van der Waals surface area contributed by atoms with E-state index in [1.807, 2.05) is 12.1 Å². The van der Waals surface area contributed by atoms with Gasteiger partial charge in [0.2, 0.25) is 0 Å². The molecule has 0 radical (unpaired) electrons. The molecule has 0 fully saturated rings. The van der Waals surface area contributed by atoms with Gasteiger partial charge in [0.05, 0.1) is 0 Å². The van der Waals surface area contributed by atoms with E-state index in [9.17, 15) is 9.59 Å². The lowest BCUT2D eigenvalue weighted by Gasteiger charge is -2.06. The molecule has 2 aromatic carbocycles. The lowest BCUT2D eigenvalue weighted by atomic mass is 10.2. The van der Waals surface area contributed by atoms with Gasteiger partial charge in [0.25, 0.3) is 5.91 Å². The van der Waals surface area contributed by atoms with Gasteiger partial charge in [0.1, 0.15) is 10.7 Å². The average molecular weight is 373 g/mol. The van der Waals surface area contributed by atoms with Crippen molar-refractivity contribution in [3.05, 3.63) is 64.6 Å². The zero-order chi connectivity index (χ0) is 17.8. The molecule has 4 N–H and O–H groups in total. The normalized spacial score (nSPS) is 10.3. The van der Waals surface area contributed by atoms with Gasteiger partial charge in [-0.3, -0.25) is 4.79 Å². The third-order valence-electron chi connectivity index (χ3n) is 3.20. The number of hydrogen-bond donors (Lipinski definition) is 3. The van der Waals surface area contributed by atoms with Crippen molar-refractivity contribution in [2.75, 3.05) is 10.6 Å². The maximum atomic E-state index is 12.4. The van der Waals surface area contributed by atoms with E-state index in [-0.39, 0.29) is 5.91 Å². The van der Waals surface area contributed by atoms with Crippen LogP contribution in [0.15, 0.2) is 53.9 Å². The second kappa shape index (κ2) is 7.33. The standard InChI is InChI=1S/C17H13ClN4O2S/c18-11-4-1-3-10(7-11)16-22-14(9-25-16)15(23)20-12-5-2-6-13(8-12)21-17(19)24/h1-9H,(H,20,23)(H3,19,21,24). The monoisotopic (exact) mass is 372 g/mol. The summed E-state index contributed by atoms with van der Waals surface area (Å²) in [4.78, 5) is 27.6. The van der Waals surface area contributed by atoms with Crippen LogP contribution in [0.1, 0.15) is 10.5 Å². The van der Waals surface area contributed by atoms with Crippen molar-refractivity contribution in [2.45, 2.75) is 0 Å². The number of rotatable bonds is 4. The Kier molecular flexibility index (Phi) is 4.97. The number of nitrogens with two attached hydrogens (primary N) is 1. The minimum atomic E-state index is -0.672. The first-order valence-corrected chi connectivity index (χ1v) is 8.46. The van der Waals surface area contributed by atoms with Crippen molar-refractivity contribution in [3.8, 4) is 10.6 Å². The molecule has 1 aromatic heterocycles. The average Bonchev–Trinajstić information content (AvgIpc) is 3.05. The van der Waals surface area contributed by atoms with Gasteiger partial charge in [-0.1, -0.05) is 29.8 Å². The number of halogens is 1.